The van der Waals surface area contributed by atoms with Gasteiger partial charge in [-0.05, 0) is 19.8 Å². The van der Waals surface area contributed by atoms with Gasteiger partial charge in [-0.25, -0.2) is 9.52 Å². The highest BCUT2D eigenvalue weighted by Gasteiger charge is 2.38. The molecule has 18 heavy (non-hydrogen) atoms. The third-order valence-electron chi connectivity index (χ3n) is 3.21. The van der Waals surface area contributed by atoms with Gasteiger partial charge >= 0.3 is 16.3 Å². The number of hydrogen-bond acceptors (Lipinski definition) is 5. The fourth-order valence-corrected chi connectivity index (χ4v) is 2.95. The molecule has 1 amide bonds. The second-order valence-electron chi connectivity index (χ2n) is 3.93. The first-order valence-corrected chi connectivity index (χ1v) is 7.37. The van der Waals surface area contributed by atoms with E-state index in [1.54, 1.807) is 6.92 Å². The molecule has 7 nitrogen and oxygen atoms in total. The van der Waals surface area contributed by atoms with Gasteiger partial charge < -0.3 is 10.5 Å². The number of ether oxygens (including phenoxy) is 1. The predicted molar refractivity (Wildman–Crippen MR) is 69.2 cm³/mol. The van der Waals surface area contributed by atoms with E-state index in [1.165, 1.54) is 7.05 Å². The second-order valence-corrected chi connectivity index (χ2v) is 5.63. The molecule has 0 radical (unpaired) electrons. The number of rotatable bonds is 7. The van der Waals surface area contributed by atoms with Gasteiger partial charge in [-0.3, -0.25) is 0 Å². The van der Waals surface area contributed by atoms with Gasteiger partial charge in [-0.1, -0.05) is 13.8 Å². The molecule has 0 aliphatic heterocycles. The average Bonchev–Trinajstić information content (AvgIpc) is 2.31. The minimum atomic E-state index is -3.95. The third kappa shape index (κ3) is 3.82. The van der Waals surface area contributed by atoms with Crippen molar-refractivity contribution in [1.29, 1.82) is 0 Å². The van der Waals surface area contributed by atoms with Crippen LogP contribution in [0.25, 0.3) is 0 Å². The number of carbonyl (C=O) groups excluding carboxylic acids is 1. The summed E-state index contributed by atoms with van der Waals surface area (Å²) in [6, 6.07) is 0. The maximum absolute atomic E-state index is 12.0. The molecule has 8 heteroatoms. The Morgan fingerprint density at radius 2 is 1.83 bits per heavy atom. The lowest BCUT2D eigenvalue weighted by atomic mass is 9.93. The number of likely N-dealkylation sites (N-methyl/N-ethyl adjacent to an activating group) is 1. The summed E-state index contributed by atoms with van der Waals surface area (Å²) in [5.41, 5.74) is 4.97. The Balaban J connectivity index is 5.05. The standard InChI is InChI=1S/C10H23N3O4S/c1-5-10(6-2,8-11)13(4)18(15,16)12-9(14)17-7-3/h5-8,11H2,1-4H3,(H,12,14). The molecule has 0 saturated carbocycles. The lowest BCUT2D eigenvalue weighted by Crippen LogP contribution is -2.57. The van der Waals surface area contributed by atoms with Crippen LogP contribution >= 0.6 is 0 Å². The molecular weight excluding hydrogens is 258 g/mol. The maximum atomic E-state index is 12.0. The van der Waals surface area contributed by atoms with E-state index >= 15 is 0 Å². The van der Waals surface area contributed by atoms with Gasteiger partial charge in [0, 0.05) is 19.1 Å². The molecule has 0 heterocycles. The Kier molecular flexibility index (Phi) is 6.58. The van der Waals surface area contributed by atoms with E-state index in [0.717, 1.165) is 4.31 Å². The minimum Gasteiger partial charge on any atom is -0.449 e. The number of carbonyl (C=O) groups is 1. The van der Waals surface area contributed by atoms with Gasteiger partial charge in [0.15, 0.2) is 0 Å². The van der Waals surface area contributed by atoms with E-state index < -0.39 is 21.8 Å². The normalized spacial score (nSPS) is 12.6. The van der Waals surface area contributed by atoms with E-state index in [4.69, 9.17) is 5.73 Å². The van der Waals surface area contributed by atoms with Gasteiger partial charge in [-0.15, -0.1) is 0 Å². The van der Waals surface area contributed by atoms with Crippen LogP contribution in [-0.2, 0) is 14.9 Å². The topological polar surface area (TPSA) is 102 Å². The summed E-state index contributed by atoms with van der Waals surface area (Å²) in [6.45, 7) is 5.59. The van der Waals surface area contributed by atoms with E-state index in [9.17, 15) is 13.2 Å². The van der Waals surface area contributed by atoms with Crippen LogP contribution in [0.15, 0.2) is 0 Å². The van der Waals surface area contributed by atoms with E-state index in [1.807, 2.05) is 18.6 Å². The molecule has 0 aromatic rings. The molecule has 0 fully saturated rings. The van der Waals surface area contributed by atoms with Crippen LogP contribution in [0.3, 0.4) is 0 Å². The fraction of sp³-hybridized carbons (Fsp3) is 0.900. The van der Waals surface area contributed by atoms with Crippen molar-refractivity contribution in [3.05, 3.63) is 0 Å². The zero-order valence-electron chi connectivity index (χ0n) is 11.4. The summed E-state index contributed by atoms with van der Waals surface area (Å²) in [5.74, 6) is 0. The summed E-state index contributed by atoms with van der Waals surface area (Å²) in [6.07, 6.45) is 0.128. The summed E-state index contributed by atoms with van der Waals surface area (Å²) in [4.78, 5) is 11.2. The largest absolute Gasteiger partial charge is 0.449 e. The van der Waals surface area contributed by atoms with Gasteiger partial charge in [-0.2, -0.15) is 12.7 Å². The highest BCUT2D eigenvalue weighted by Crippen LogP contribution is 2.23. The summed E-state index contributed by atoms with van der Waals surface area (Å²) in [5, 5.41) is 0. The summed E-state index contributed by atoms with van der Waals surface area (Å²) in [7, 11) is -2.54. The monoisotopic (exact) mass is 281 g/mol. The fourth-order valence-electron chi connectivity index (χ4n) is 1.70. The van der Waals surface area contributed by atoms with E-state index in [0.29, 0.717) is 12.8 Å². The molecule has 0 aromatic heterocycles. The molecule has 0 aliphatic carbocycles. The number of hydrogen-bond donors (Lipinski definition) is 2. The smallest absolute Gasteiger partial charge is 0.421 e. The van der Waals surface area contributed by atoms with Crippen LogP contribution in [-0.4, -0.2) is 44.6 Å². The summed E-state index contributed by atoms with van der Waals surface area (Å²) < 4.78 is 31.5. The Hall–Kier alpha value is -0.860. The van der Waals surface area contributed by atoms with E-state index in [2.05, 4.69) is 4.74 Å². The Morgan fingerprint density at radius 3 is 2.17 bits per heavy atom. The van der Waals surface area contributed by atoms with Crippen molar-refractivity contribution in [3.8, 4) is 0 Å². The molecule has 0 saturated heterocycles. The Labute approximate surface area is 109 Å². The Morgan fingerprint density at radius 1 is 1.33 bits per heavy atom. The maximum Gasteiger partial charge on any atom is 0.421 e. The molecule has 0 aliphatic rings. The van der Waals surface area contributed by atoms with E-state index in [-0.39, 0.29) is 13.2 Å². The van der Waals surface area contributed by atoms with Gasteiger partial charge in [0.05, 0.1) is 6.61 Å². The SMILES string of the molecule is CCOC(=O)NS(=O)(=O)N(C)C(CC)(CC)CN. The molecule has 0 aromatic carbocycles. The number of nitrogens with one attached hydrogen (secondary N) is 1. The van der Waals surface area contributed by atoms with Crippen molar-refractivity contribution in [2.45, 2.75) is 39.2 Å². The Bertz CT molecular complexity index is 357. The first kappa shape index (κ1) is 17.1. The lowest BCUT2D eigenvalue weighted by Gasteiger charge is -2.38. The quantitative estimate of drug-likeness (QED) is 0.704. The van der Waals surface area contributed by atoms with Crippen molar-refractivity contribution in [3.63, 3.8) is 0 Å². The highest BCUT2D eigenvalue weighted by atomic mass is 32.2. The summed E-state index contributed by atoms with van der Waals surface area (Å²) >= 11 is 0. The predicted octanol–water partition coefficient (Wildman–Crippen LogP) is 0.427. The zero-order valence-corrected chi connectivity index (χ0v) is 12.2. The molecular formula is C10H23N3O4S. The number of nitrogens with two attached hydrogens (primary N) is 1. The molecule has 0 bridgehead atoms. The number of amides is 1. The zero-order chi connectivity index (χ0) is 14.4. The lowest BCUT2D eigenvalue weighted by molar-refractivity contribution is 0.156. The van der Waals surface area contributed by atoms with Crippen LogP contribution in [0.4, 0.5) is 4.79 Å². The molecule has 108 valence electrons. The third-order valence-corrected chi connectivity index (χ3v) is 4.75. The first-order chi connectivity index (χ1) is 8.29. The second kappa shape index (κ2) is 6.91. The van der Waals surface area contributed by atoms with Gasteiger partial charge in [0.2, 0.25) is 0 Å². The van der Waals surface area contributed by atoms with Gasteiger partial charge in [0.25, 0.3) is 0 Å². The van der Waals surface area contributed by atoms with Crippen LogP contribution in [0, 0.1) is 0 Å². The van der Waals surface area contributed by atoms with Crippen molar-refractivity contribution in [2.75, 3.05) is 20.2 Å². The van der Waals surface area contributed by atoms with Crippen LogP contribution in [0.5, 0.6) is 0 Å². The minimum absolute atomic E-state index is 0.106. The molecule has 0 spiro atoms. The van der Waals surface area contributed by atoms with Crippen molar-refractivity contribution in [1.82, 2.24) is 9.03 Å². The van der Waals surface area contributed by atoms with Crippen LogP contribution in [0.2, 0.25) is 0 Å². The van der Waals surface area contributed by atoms with Crippen LogP contribution in [0.1, 0.15) is 33.6 Å². The average molecular weight is 281 g/mol. The molecule has 0 unspecified atom stereocenters. The van der Waals surface area contributed by atoms with Crippen molar-refractivity contribution in [2.24, 2.45) is 5.73 Å². The molecule has 0 atom stereocenters. The van der Waals surface area contributed by atoms with Crippen molar-refractivity contribution < 1.29 is 17.9 Å². The first-order valence-electron chi connectivity index (χ1n) is 5.93. The molecule has 3 N–H and O–H groups in total. The number of nitrogens with zero attached hydrogens (tertiary/aromatic N) is 1. The highest BCUT2D eigenvalue weighted by molar-refractivity contribution is 7.87. The van der Waals surface area contributed by atoms with Gasteiger partial charge in [0.1, 0.15) is 0 Å². The molecule has 0 rings (SSSR count). The van der Waals surface area contributed by atoms with Crippen LogP contribution < -0.4 is 10.5 Å². The van der Waals surface area contributed by atoms with Crippen molar-refractivity contribution >= 4 is 16.3 Å².